The summed E-state index contributed by atoms with van der Waals surface area (Å²) >= 11 is 0. The molecule has 0 aromatic carbocycles. The Bertz CT molecular complexity index is 154. The zero-order valence-corrected chi connectivity index (χ0v) is 11.3. The van der Waals surface area contributed by atoms with Crippen LogP contribution in [0.25, 0.3) is 0 Å². The lowest BCUT2D eigenvalue weighted by atomic mass is 9.83. The van der Waals surface area contributed by atoms with Gasteiger partial charge in [-0.05, 0) is 31.6 Å². The lowest BCUT2D eigenvalue weighted by Crippen LogP contribution is -3.00. The zero-order chi connectivity index (χ0) is 9.90. The Hall–Kier alpha value is 0.400. The fourth-order valence-electron chi connectivity index (χ4n) is 2.41. The van der Waals surface area contributed by atoms with Gasteiger partial charge < -0.3 is 26.6 Å². The van der Waals surface area contributed by atoms with Gasteiger partial charge in [0.2, 0.25) is 0 Å². The number of aliphatic hydroxyl groups excluding tert-OH is 1. The maximum Gasteiger partial charge on any atom is 0.0886 e. The molecular weight excluding hydrogens is 242 g/mol. The summed E-state index contributed by atoms with van der Waals surface area (Å²) in [5, 5.41) is 8.90. The molecule has 0 bridgehead atoms. The molecule has 86 valence electrons. The topological polar surface area (TPSA) is 20.2 Å². The van der Waals surface area contributed by atoms with E-state index in [2.05, 4.69) is 21.1 Å². The van der Waals surface area contributed by atoms with Crippen LogP contribution in [0.3, 0.4) is 0 Å². The second-order valence-electron chi connectivity index (χ2n) is 5.31. The second kappa shape index (κ2) is 6.09. The van der Waals surface area contributed by atoms with Gasteiger partial charge in [0.05, 0.1) is 27.2 Å². The number of rotatable bonds is 3. The van der Waals surface area contributed by atoms with Gasteiger partial charge in [-0.15, -0.1) is 0 Å². The Morgan fingerprint density at radius 2 is 1.86 bits per heavy atom. The molecule has 0 spiro atoms. The van der Waals surface area contributed by atoms with Crippen molar-refractivity contribution in [2.24, 2.45) is 5.92 Å². The van der Waals surface area contributed by atoms with Gasteiger partial charge in [-0.25, -0.2) is 0 Å². The van der Waals surface area contributed by atoms with Gasteiger partial charge >= 0.3 is 0 Å². The molecule has 2 atom stereocenters. The minimum Gasteiger partial charge on any atom is -1.00 e. The van der Waals surface area contributed by atoms with Crippen LogP contribution in [-0.2, 0) is 0 Å². The Morgan fingerprint density at radius 1 is 1.21 bits per heavy atom. The van der Waals surface area contributed by atoms with Crippen LogP contribution >= 0.6 is 0 Å². The molecule has 2 unspecified atom stereocenters. The van der Waals surface area contributed by atoms with Crippen molar-refractivity contribution < 1.29 is 26.6 Å². The fourth-order valence-corrected chi connectivity index (χ4v) is 2.41. The molecule has 0 heterocycles. The summed E-state index contributed by atoms with van der Waals surface area (Å²) < 4.78 is 1.09. The Morgan fingerprint density at radius 3 is 2.36 bits per heavy atom. The molecule has 1 rings (SSSR count). The molecule has 0 aromatic heterocycles. The highest BCUT2D eigenvalue weighted by Crippen LogP contribution is 2.30. The van der Waals surface area contributed by atoms with Gasteiger partial charge in [0.25, 0.3) is 0 Å². The predicted octanol–water partition coefficient (Wildman–Crippen LogP) is -1.36. The quantitative estimate of drug-likeness (QED) is 0.626. The Kier molecular flexibility index (Phi) is 6.26. The average molecular weight is 266 g/mol. The summed E-state index contributed by atoms with van der Waals surface area (Å²) in [4.78, 5) is 0. The van der Waals surface area contributed by atoms with Gasteiger partial charge in [-0.2, -0.15) is 0 Å². The molecule has 0 amide bonds. The summed E-state index contributed by atoms with van der Waals surface area (Å²) in [6.45, 7) is 0.370. The van der Waals surface area contributed by atoms with E-state index in [0.29, 0.717) is 6.61 Å². The van der Waals surface area contributed by atoms with E-state index in [1.807, 2.05) is 0 Å². The SMILES string of the molecule is C[N+](C)(C)C1CCCC(CCO)C1.[Br-]. The Labute approximate surface area is 98.7 Å². The van der Waals surface area contributed by atoms with Gasteiger partial charge in [0.15, 0.2) is 0 Å². The van der Waals surface area contributed by atoms with Crippen molar-refractivity contribution in [1.82, 2.24) is 0 Å². The van der Waals surface area contributed by atoms with E-state index in [4.69, 9.17) is 5.11 Å². The molecule has 0 radical (unpaired) electrons. The van der Waals surface area contributed by atoms with Crippen molar-refractivity contribution in [3.8, 4) is 0 Å². The number of halogens is 1. The van der Waals surface area contributed by atoms with Crippen LogP contribution in [0.2, 0.25) is 0 Å². The molecule has 0 aromatic rings. The van der Waals surface area contributed by atoms with Gasteiger partial charge in [-0.3, -0.25) is 0 Å². The van der Waals surface area contributed by atoms with E-state index in [-0.39, 0.29) is 17.0 Å². The maximum atomic E-state index is 8.90. The first kappa shape index (κ1) is 14.4. The largest absolute Gasteiger partial charge is 1.00 e. The van der Waals surface area contributed by atoms with Crippen molar-refractivity contribution in [3.05, 3.63) is 0 Å². The van der Waals surface area contributed by atoms with Crippen molar-refractivity contribution in [1.29, 1.82) is 0 Å². The van der Waals surface area contributed by atoms with Crippen LogP contribution in [0.15, 0.2) is 0 Å². The lowest BCUT2D eigenvalue weighted by Gasteiger charge is -2.39. The van der Waals surface area contributed by atoms with Gasteiger partial charge in [-0.1, -0.05) is 0 Å². The molecule has 1 aliphatic rings. The summed E-state index contributed by atoms with van der Waals surface area (Å²) in [6, 6.07) is 0.810. The fraction of sp³-hybridized carbons (Fsp3) is 1.00. The van der Waals surface area contributed by atoms with Crippen LogP contribution in [0.5, 0.6) is 0 Å². The van der Waals surface area contributed by atoms with E-state index in [1.54, 1.807) is 0 Å². The highest BCUT2D eigenvalue weighted by molar-refractivity contribution is 4.73. The smallest absolute Gasteiger partial charge is 0.0886 e. The van der Waals surface area contributed by atoms with Gasteiger partial charge in [0, 0.05) is 13.0 Å². The third-order valence-corrected chi connectivity index (χ3v) is 3.39. The molecule has 3 heteroatoms. The highest BCUT2D eigenvalue weighted by Gasteiger charge is 2.30. The first-order valence-electron chi connectivity index (χ1n) is 5.46. The summed E-state index contributed by atoms with van der Waals surface area (Å²) in [5.74, 6) is 0.779. The molecule has 1 fully saturated rings. The molecule has 0 saturated heterocycles. The number of aliphatic hydroxyl groups is 1. The number of nitrogens with zero attached hydrogens (tertiary/aromatic N) is 1. The lowest BCUT2D eigenvalue weighted by molar-refractivity contribution is -0.898. The van der Waals surface area contributed by atoms with Crippen molar-refractivity contribution in [3.63, 3.8) is 0 Å². The zero-order valence-electron chi connectivity index (χ0n) is 9.67. The number of hydrogen-bond donors (Lipinski definition) is 1. The van der Waals surface area contributed by atoms with E-state index in [0.717, 1.165) is 22.9 Å². The van der Waals surface area contributed by atoms with Crippen LogP contribution < -0.4 is 17.0 Å². The van der Waals surface area contributed by atoms with Crippen molar-refractivity contribution in [2.75, 3.05) is 27.7 Å². The molecule has 1 saturated carbocycles. The average Bonchev–Trinajstić information content (AvgIpc) is 2.04. The first-order valence-corrected chi connectivity index (χ1v) is 5.46. The Balaban J connectivity index is 0.00000169. The second-order valence-corrected chi connectivity index (χ2v) is 5.31. The third-order valence-electron chi connectivity index (χ3n) is 3.39. The predicted molar refractivity (Wildman–Crippen MR) is 55.5 cm³/mol. The highest BCUT2D eigenvalue weighted by atomic mass is 79.9. The molecule has 1 aliphatic carbocycles. The molecule has 2 nitrogen and oxygen atoms in total. The van der Waals surface area contributed by atoms with E-state index >= 15 is 0 Å². The van der Waals surface area contributed by atoms with E-state index < -0.39 is 0 Å². The normalized spacial score (nSPS) is 28.3. The van der Waals surface area contributed by atoms with E-state index in [9.17, 15) is 0 Å². The standard InChI is InChI=1S/C11H24NO.BrH/c1-12(2,3)11-6-4-5-10(9-11)7-8-13;/h10-11,13H,4-9H2,1-3H3;1H/q+1;/p-1. The minimum atomic E-state index is 0. The molecule has 14 heavy (non-hydrogen) atoms. The van der Waals surface area contributed by atoms with Gasteiger partial charge in [0.1, 0.15) is 0 Å². The summed E-state index contributed by atoms with van der Waals surface area (Å²) in [7, 11) is 6.85. The minimum absolute atomic E-state index is 0. The number of quaternary nitrogens is 1. The molecule has 1 N–H and O–H groups in total. The van der Waals surface area contributed by atoms with Crippen LogP contribution in [0.4, 0.5) is 0 Å². The van der Waals surface area contributed by atoms with Crippen molar-refractivity contribution >= 4 is 0 Å². The molecular formula is C11H24BrNO. The maximum absolute atomic E-state index is 8.90. The van der Waals surface area contributed by atoms with Crippen molar-refractivity contribution in [2.45, 2.75) is 38.1 Å². The first-order chi connectivity index (χ1) is 6.04. The van der Waals surface area contributed by atoms with Crippen LogP contribution in [0, 0.1) is 5.92 Å². The monoisotopic (exact) mass is 265 g/mol. The number of hydrogen-bond acceptors (Lipinski definition) is 1. The van der Waals surface area contributed by atoms with Crippen LogP contribution in [-0.4, -0.2) is 43.4 Å². The third kappa shape index (κ3) is 4.28. The van der Waals surface area contributed by atoms with E-state index in [1.165, 1.54) is 25.7 Å². The summed E-state index contributed by atoms with van der Waals surface area (Å²) in [6.07, 6.45) is 6.37. The summed E-state index contributed by atoms with van der Waals surface area (Å²) in [5.41, 5.74) is 0. The molecule has 0 aliphatic heterocycles. The van der Waals surface area contributed by atoms with Crippen LogP contribution in [0.1, 0.15) is 32.1 Å².